The molecule has 0 radical (unpaired) electrons. The second-order valence-electron chi connectivity index (χ2n) is 2.86. The maximum Gasteiger partial charge on any atom is 0.266 e. The number of nitrogens with zero attached hydrogens (tertiary/aromatic N) is 1. The average molecular weight is 188 g/mol. The number of hydrogen-bond donors (Lipinski definition) is 2. The van der Waals surface area contributed by atoms with Crippen LogP contribution in [0.5, 0.6) is 0 Å². The molecule has 0 amide bonds. The van der Waals surface area contributed by atoms with Crippen LogP contribution in [0.4, 0.5) is 0 Å². The van der Waals surface area contributed by atoms with Crippen molar-refractivity contribution in [1.82, 2.24) is 9.88 Å². The lowest BCUT2D eigenvalue weighted by Crippen LogP contribution is -2.19. The van der Waals surface area contributed by atoms with E-state index in [9.17, 15) is 5.11 Å². The van der Waals surface area contributed by atoms with E-state index in [-0.39, 0.29) is 0 Å². The summed E-state index contributed by atoms with van der Waals surface area (Å²) in [6, 6.07) is 0. The number of likely N-dealkylation sites (N-methyl/N-ethyl adjacent to an activating group) is 1. The van der Waals surface area contributed by atoms with Crippen molar-refractivity contribution in [2.24, 2.45) is 0 Å². The SMILES string of the molecule is CN(C)CC(O)c1c[nH]c(=S)o1. The normalized spacial score (nSPS) is 13.7. The maximum atomic E-state index is 9.50. The number of aromatic nitrogens is 1. The van der Waals surface area contributed by atoms with Crippen molar-refractivity contribution in [3.8, 4) is 0 Å². The lowest BCUT2D eigenvalue weighted by Gasteiger charge is -2.12. The maximum absolute atomic E-state index is 9.50. The Balaban J connectivity index is 2.65. The number of aromatic amines is 1. The number of hydrogen-bond acceptors (Lipinski definition) is 4. The average Bonchev–Trinajstić information content (AvgIpc) is 2.34. The standard InChI is InChI=1S/C7H12N2O2S/c1-9(2)4-5(10)6-3-8-7(12)11-6/h3,5,10H,4H2,1-2H3,(H,8,12). The fourth-order valence-corrected chi connectivity index (χ4v) is 1.05. The van der Waals surface area contributed by atoms with E-state index in [2.05, 4.69) is 4.98 Å². The van der Waals surface area contributed by atoms with Crippen molar-refractivity contribution < 1.29 is 9.52 Å². The largest absolute Gasteiger partial charge is 0.432 e. The number of aliphatic hydroxyl groups excluding tert-OH is 1. The van der Waals surface area contributed by atoms with Crippen molar-refractivity contribution >= 4 is 12.2 Å². The van der Waals surface area contributed by atoms with E-state index in [1.54, 1.807) is 6.20 Å². The molecular formula is C7H12N2O2S. The lowest BCUT2D eigenvalue weighted by molar-refractivity contribution is 0.115. The molecule has 0 bridgehead atoms. The zero-order valence-electron chi connectivity index (χ0n) is 7.07. The van der Waals surface area contributed by atoms with Gasteiger partial charge < -0.3 is 19.4 Å². The topological polar surface area (TPSA) is 52.4 Å². The Labute approximate surface area is 75.8 Å². The molecule has 0 aliphatic rings. The van der Waals surface area contributed by atoms with Crippen LogP contribution in [-0.4, -0.2) is 35.6 Å². The first kappa shape index (κ1) is 9.44. The lowest BCUT2D eigenvalue weighted by atomic mass is 10.3. The van der Waals surface area contributed by atoms with E-state index < -0.39 is 6.10 Å². The van der Waals surface area contributed by atoms with Crippen molar-refractivity contribution in [2.45, 2.75) is 6.10 Å². The number of aliphatic hydroxyl groups is 1. The molecule has 1 heterocycles. The fourth-order valence-electron chi connectivity index (χ4n) is 0.896. The number of H-pyrrole nitrogens is 1. The zero-order valence-corrected chi connectivity index (χ0v) is 7.89. The van der Waals surface area contributed by atoms with Crippen LogP contribution in [0.15, 0.2) is 10.6 Å². The van der Waals surface area contributed by atoms with E-state index in [0.717, 1.165) is 0 Å². The first-order valence-corrected chi connectivity index (χ1v) is 4.01. The Hall–Kier alpha value is -0.650. The van der Waals surface area contributed by atoms with Crippen LogP contribution in [-0.2, 0) is 0 Å². The minimum atomic E-state index is -0.618. The van der Waals surface area contributed by atoms with Gasteiger partial charge >= 0.3 is 0 Å². The molecule has 4 nitrogen and oxygen atoms in total. The Morgan fingerprint density at radius 3 is 2.83 bits per heavy atom. The van der Waals surface area contributed by atoms with Crippen molar-refractivity contribution in [3.63, 3.8) is 0 Å². The molecule has 0 aliphatic carbocycles. The van der Waals surface area contributed by atoms with Crippen LogP contribution in [0.1, 0.15) is 11.9 Å². The highest BCUT2D eigenvalue weighted by Crippen LogP contribution is 2.12. The second kappa shape index (κ2) is 3.84. The third-order valence-electron chi connectivity index (χ3n) is 1.41. The molecule has 68 valence electrons. The van der Waals surface area contributed by atoms with Gasteiger partial charge in [0, 0.05) is 12.7 Å². The fraction of sp³-hybridized carbons (Fsp3) is 0.571. The molecule has 0 aromatic carbocycles. The van der Waals surface area contributed by atoms with Gasteiger partial charge in [-0.15, -0.1) is 0 Å². The Morgan fingerprint density at radius 1 is 1.75 bits per heavy atom. The Kier molecular flexibility index (Phi) is 3.02. The molecule has 1 rings (SSSR count). The predicted octanol–water partition coefficient (Wildman–Crippen LogP) is 0.932. The van der Waals surface area contributed by atoms with Crippen molar-refractivity contribution in [2.75, 3.05) is 20.6 Å². The van der Waals surface area contributed by atoms with E-state index in [0.29, 0.717) is 17.1 Å². The van der Waals surface area contributed by atoms with Gasteiger partial charge in [-0.05, 0) is 26.3 Å². The van der Waals surface area contributed by atoms with Gasteiger partial charge in [-0.3, -0.25) is 0 Å². The smallest absolute Gasteiger partial charge is 0.266 e. The number of nitrogens with one attached hydrogen (secondary N) is 1. The summed E-state index contributed by atoms with van der Waals surface area (Å²) in [5.41, 5.74) is 0. The van der Waals surface area contributed by atoms with E-state index >= 15 is 0 Å². The third kappa shape index (κ3) is 2.44. The zero-order chi connectivity index (χ0) is 9.14. The Morgan fingerprint density at radius 2 is 2.42 bits per heavy atom. The molecule has 5 heteroatoms. The van der Waals surface area contributed by atoms with E-state index in [1.165, 1.54) is 0 Å². The van der Waals surface area contributed by atoms with Crippen LogP contribution in [0.2, 0.25) is 0 Å². The highest BCUT2D eigenvalue weighted by molar-refractivity contribution is 7.71. The first-order valence-electron chi connectivity index (χ1n) is 3.61. The number of oxazole rings is 1. The molecule has 0 fully saturated rings. The quantitative estimate of drug-likeness (QED) is 0.693. The molecular weight excluding hydrogens is 176 g/mol. The summed E-state index contributed by atoms with van der Waals surface area (Å²) in [4.78, 5) is 4.86. The molecule has 0 spiro atoms. The summed E-state index contributed by atoms with van der Waals surface area (Å²) in [6.45, 7) is 0.524. The summed E-state index contributed by atoms with van der Waals surface area (Å²) in [7, 11) is 3.76. The summed E-state index contributed by atoms with van der Waals surface area (Å²) in [5.74, 6) is 0.480. The monoisotopic (exact) mass is 188 g/mol. The Bertz CT molecular complexity index is 292. The van der Waals surface area contributed by atoms with Gasteiger partial charge in [0.1, 0.15) is 6.10 Å². The molecule has 0 saturated heterocycles. The van der Waals surface area contributed by atoms with Gasteiger partial charge in [-0.25, -0.2) is 0 Å². The van der Waals surface area contributed by atoms with Crippen molar-refractivity contribution in [1.29, 1.82) is 0 Å². The molecule has 1 aromatic heterocycles. The first-order chi connectivity index (χ1) is 5.59. The minimum Gasteiger partial charge on any atom is -0.432 e. The van der Waals surface area contributed by atoms with Gasteiger partial charge in [0.25, 0.3) is 4.84 Å². The van der Waals surface area contributed by atoms with Crippen LogP contribution >= 0.6 is 12.2 Å². The summed E-state index contributed by atoms with van der Waals surface area (Å²) in [5, 5.41) is 9.50. The summed E-state index contributed by atoms with van der Waals surface area (Å²) in [6.07, 6.45) is 0.962. The minimum absolute atomic E-state index is 0.294. The van der Waals surface area contributed by atoms with Gasteiger partial charge in [-0.2, -0.15) is 0 Å². The van der Waals surface area contributed by atoms with Crippen LogP contribution in [0, 0.1) is 4.84 Å². The predicted molar refractivity (Wildman–Crippen MR) is 47.4 cm³/mol. The molecule has 0 saturated carbocycles. The molecule has 1 aromatic rings. The van der Waals surface area contributed by atoms with Gasteiger partial charge in [0.2, 0.25) is 0 Å². The van der Waals surface area contributed by atoms with Crippen LogP contribution in [0.3, 0.4) is 0 Å². The highest BCUT2D eigenvalue weighted by Gasteiger charge is 2.11. The van der Waals surface area contributed by atoms with Crippen LogP contribution < -0.4 is 0 Å². The van der Waals surface area contributed by atoms with Gasteiger partial charge in [-0.1, -0.05) is 0 Å². The highest BCUT2D eigenvalue weighted by atomic mass is 32.1. The third-order valence-corrected chi connectivity index (χ3v) is 1.61. The van der Waals surface area contributed by atoms with Crippen molar-refractivity contribution in [3.05, 3.63) is 16.8 Å². The molecule has 12 heavy (non-hydrogen) atoms. The summed E-state index contributed by atoms with van der Waals surface area (Å²) >= 11 is 4.72. The summed E-state index contributed by atoms with van der Waals surface area (Å²) < 4.78 is 5.03. The molecule has 2 N–H and O–H groups in total. The number of rotatable bonds is 3. The van der Waals surface area contributed by atoms with E-state index in [4.69, 9.17) is 16.6 Å². The molecule has 1 unspecified atom stereocenters. The second-order valence-corrected chi connectivity index (χ2v) is 3.23. The van der Waals surface area contributed by atoms with Gasteiger partial charge in [0.05, 0.1) is 0 Å². The molecule has 0 aliphatic heterocycles. The van der Waals surface area contributed by atoms with Gasteiger partial charge in [0.15, 0.2) is 5.76 Å². The molecule has 1 atom stereocenters. The van der Waals surface area contributed by atoms with E-state index in [1.807, 2.05) is 19.0 Å². The van der Waals surface area contributed by atoms with Crippen LogP contribution in [0.25, 0.3) is 0 Å².